The van der Waals surface area contributed by atoms with Crippen LogP contribution in [0.25, 0.3) is 11.4 Å². The lowest BCUT2D eigenvalue weighted by Gasteiger charge is -2.28. The number of hydrogen-bond donors (Lipinski definition) is 0. The van der Waals surface area contributed by atoms with Crippen molar-refractivity contribution in [1.82, 2.24) is 9.97 Å². The third kappa shape index (κ3) is 10.7. The zero-order valence-electron chi connectivity index (χ0n) is 22.6. The number of ether oxygens (including phenoxy) is 1. The van der Waals surface area contributed by atoms with E-state index in [9.17, 15) is 0 Å². The van der Waals surface area contributed by atoms with Crippen LogP contribution in [0.15, 0.2) is 36.7 Å². The van der Waals surface area contributed by atoms with E-state index in [0.717, 1.165) is 48.4 Å². The maximum absolute atomic E-state index is 6.03. The molecule has 3 nitrogen and oxygen atoms in total. The van der Waals surface area contributed by atoms with Crippen molar-refractivity contribution in [3.8, 4) is 17.1 Å². The topological polar surface area (TPSA) is 35.0 Å². The minimum absolute atomic E-state index is 0.800. The molecule has 1 aliphatic rings. The van der Waals surface area contributed by atoms with Gasteiger partial charge in [-0.25, -0.2) is 9.97 Å². The third-order valence-electron chi connectivity index (χ3n) is 7.84. The largest absolute Gasteiger partial charge is 0.494 e. The van der Waals surface area contributed by atoms with Crippen LogP contribution in [0.1, 0.15) is 122 Å². The lowest BCUT2D eigenvalue weighted by molar-refractivity contribution is 0.228. The summed E-state index contributed by atoms with van der Waals surface area (Å²) >= 11 is 0. The van der Waals surface area contributed by atoms with Crippen LogP contribution >= 0.6 is 0 Å². The number of rotatable bonds is 17. The molecule has 0 atom stereocenters. The van der Waals surface area contributed by atoms with Crippen LogP contribution in [-0.4, -0.2) is 16.6 Å². The molecule has 3 rings (SSSR count). The molecule has 1 aromatic carbocycles. The van der Waals surface area contributed by atoms with Crippen LogP contribution in [-0.2, 0) is 6.42 Å². The molecule has 3 heteroatoms. The minimum atomic E-state index is 0.800. The van der Waals surface area contributed by atoms with Gasteiger partial charge in [-0.3, -0.25) is 0 Å². The van der Waals surface area contributed by atoms with Gasteiger partial charge < -0.3 is 4.74 Å². The van der Waals surface area contributed by atoms with Gasteiger partial charge in [-0.2, -0.15) is 0 Å². The minimum Gasteiger partial charge on any atom is -0.494 e. The van der Waals surface area contributed by atoms with Crippen molar-refractivity contribution < 1.29 is 4.74 Å². The second-order valence-electron chi connectivity index (χ2n) is 10.8. The monoisotopic (exact) mass is 478 g/mol. The van der Waals surface area contributed by atoms with Crippen LogP contribution in [0.2, 0.25) is 0 Å². The molecule has 35 heavy (non-hydrogen) atoms. The maximum Gasteiger partial charge on any atom is 0.159 e. The highest BCUT2D eigenvalue weighted by Gasteiger charge is 2.20. The van der Waals surface area contributed by atoms with E-state index in [1.165, 1.54) is 102 Å². The van der Waals surface area contributed by atoms with Crippen molar-refractivity contribution in [3.05, 3.63) is 42.2 Å². The molecule has 0 spiro atoms. The summed E-state index contributed by atoms with van der Waals surface area (Å²) < 4.78 is 6.03. The standard InChI is InChI=1S/C32H50N2O/c1-3-5-7-8-9-10-11-14-29-25-33-32(34-26-29)30-20-22-31(23-21-30)35-24-12-15-28-18-16-27(17-19-28)13-6-4-2/h20-23,25-28H,3-19,24H2,1-2H3/t27-,28-. The highest BCUT2D eigenvalue weighted by molar-refractivity contribution is 5.55. The number of unbranched alkanes of at least 4 members (excludes halogenated alkanes) is 7. The molecule has 2 aromatic rings. The van der Waals surface area contributed by atoms with Gasteiger partial charge in [0.1, 0.15) is 5.75 Å². The quantitative estimate of drug-likeness (QED) is 0.212. The Morgan fingerprint density at radius 1 is 0.686 bits per heavy atom. The SMILES string of the molecule is CCCCCCCCCc1cnc(-c2ccc(OCCC[C@H]3CC[C@H](CCCC)CC3)cc2)nc1. The van der Waals surface area contributed by atoms with Gasteiger partial charge in [-0.15, -0.1) is 0 Å². The average molecular weight is 479 g/mol. The van der Waals surface area contributed by atoms with Gasteiger partial charge in [0.15, 0.2) is 5.82 Å². The third-order valence-corrected chi connectivity index (χ3v) is 7.84. The molecule has 194 valence electrons. The molecule has 1 aromatic heterocycles. The molecule has 0 aliphatic heterocycles. The van der Waals surface area contributed by atoms with Gasteiger partial charge in [0, 0.05) is 18.0 Å². The van der Waals surface area contributed by atoms with Crippen LogP contribution in [0.3, 0.4) is 0 Å². The molecule has 1 saturated carbocycles. The number of aromatic nitrogens is 2. The molecular formula is C32H50N2O. The first-order chi connectivity index (χ1) is 17.3. The number of benzene rings is 1. The van der Waals surface area contributed by atoms with E-state index in [4.69, 9.17) is 4.74 Å². The Kier molecular flexibility index (Phi) is 13.2. The molecule has 0 unspecified atom stereocenters. The van der Waals surface area contributed by atoms with Crippen molar-refractivity contribution in [2.24, 2.45) is 11.8 Å². The first kappa shape index (κ1) is 27.7. The average Bonchev–Trinajstić information content (AvgIpc) is 2.91. The Balaban J connectivity index is 1.29. The maximum atomic E-state index is 6.03. The van der Waals surface area contributed by atoms with Crippen molar-refractivity contribution >= 4 is 0 Å². The highest BCUT2D eigenvalue weighted by Crippen LogP contribution is 2.34. The smallest absolute Gasteiger partial charge is 0.159 e. The lowest BCUT2D eigenvalue weighted by atomic mass is 9.78. The summed E-state index contributed by atoms with van der Waals surface area (Å²) in [6.07, 6.45) is 26.9. The zero-order valence-corrected chi connectivity index (χ0v) is 22.6. The van der Waals surface area contributed by atoms with Crippen LogP contribution in [0.5, 0.6) is 5.75 Å². The summed E-state index contributed by atoms with van der Waals surface area (Å²) in [5.41, 5.74) is 2.30. The Bertz CT molecular complexity index is 778. The van der Waals surface area contributed by atoms with Gasteiger partial charge >= 0.3 is 0 Å². The second kappa shape index (κ2) is 16.7. The second-order valence-corrected chi connectivity index (χ2v) is 10.8. The van der Waals surface area contributed by atoms with Gasteiger partial charge in [0.2, 0.25) is 0 Å². The number of nitrogens with zero attached hydrogens (tertiary/aromatic N) is 2. The zero-order chi connectivity index (χ0) is 24.6. The Morgan fingerprint density at radius 2 is 1.26 bits per heavy atom. The Hall–Kier alpha value is -1.90. The van der Waals surface area contributed by atoms with Crippen molar-refractivity contribution in [1.29, 1.82) is 0 Å². The van der Waals surface area contributed by atoms with Crippen molar-refractivity contribution in [3.63, 3.8) is 0 Å². The summed E-state index contributed by atoms with van der Waals surface area (Å²) in [7, 11) is 0. The predicted molar refractivity (Wildman–Crippen MR) is 149 cm³/mol. The van der Waals surface area contributed by atoms with Crippen LogP contribution in [0.4, 0.5) is 0 Å². The molecule has 0 amide bonds. The fourth-order valence-corrected chi connectivity index (χ4v) is 5.48. The van der Waals surface area contributed by atoms with Crippen LogP contribution in [0, 0.1) is 11.8 Å². The molecule has 0 radical (unpaired) electrons. The summed E-state index contributed by atoms with van der Waals surface area (Å²) in [6.45, 7) is 5.40. The number of aryl methyl sites for hydroxylation is 1. The van der Waals surface area contributed by atoms with E-state index >= 15 is 0 Å². The molecule has 1 heterocycles. The predicted octanol–water partition coefficient (Wildman–Crippen LogP) is 9.59. The van der Waals surface area contributed by atoms with E-state index in [2.05, 4.69) is 48.1 Å². The fourth-order valence-electron chi connectivity index (χ4n) is 5.48. The van der Waals surface area contributed by atoms with Gasteiger partial charge in [0.25, 0.3) is 0 Å². The van der Waals surface area contributed by atoms with Crippen molar-refractivity contribution in [2.45, 2.75) is 123 Å². The summed E-state index contributed by atoms with van der Waals surface area (Å²) in [4.78, 5) is 9.23. The van der Waals surface area contributed by atoms with E-state index in [-0.39, 0.29) is 0 Å². The van der Waals surface area contributed by atoms with Crippen LogP contribution < -0.4 is 4.74 Å². The highest BCUT2D eigenvalue weighted by atomic mass is 16.5. The van der Waals surface area contributed by atoms with Gasteiger partial charge in [-0.1, -0.05) is 97.3 Å². The van der Waals surface area contributed by atoms with Gasteiger partial charge in [-0.05, 0) is 67.3 Å². The lowest BCUT2D eigenvalue weighted by Crippen LogP contribution is -2.15. The van der Waals surface area contributed by atoms with E-state index < -0.39 is 0 Å². The van der Waals surface area contributed by atoms with Crippen molar-refractivity contribution in [2.75, 3.05) is 6.61 Å². The fraction of sp³-hybridized carbons (Fsp3) is 0.688. The van der Waals surface area contributed by atoms with E-state index in [1.54, 1.807) is 0 Å². The molecule has 0 bridgehead atoms. The molecule has 0 saturated heterocycles. The Morgan fingerprint density at radius 3 is 1.89 bits per heavy atom. The van der Waals surface area contributed by atoms with E-state index in [1.807, 2.05) is 12.4 Å². The summed E-state index contributed by atoms with van der Waals surface area (Å²) in [5, 5.41) is 0. The molecule has 1 fully saturated rings. The number of hydrogen-bond acceptors (Lipinski definition) is 3. The van der Waals surface area contributed by atoms with E-state index in [0.29, 0.717) is 0 Å². The molecular weight excluding hydrogens is 428 g/mol. The summed E-state index contributed by atoms with van der Waals surface area (Å²) in [5.74, 6) is 3.68. The first-order valence-electron chi connectivity index (χ1n) is 14.8. The summed E-state index contributed by atoms with van der Waals surface area (Å²) in [6, 6.07) is 8.28. The Labute approximate surface area is 215 Å². The first-order valence-corrected chi connectivity index (χ1v) is 14.8. The molecule has 0 N–H and O–H groups in total. The van der Waals surface area contributed by atoms with Gasteiger partial charge in [0.05, 0.1) is 6.61 Å². The molecule has 1 aliphatic carbocycles. The normalized spacial score (nSPS) is 18.0.